The molecule has 13 heteroatoms. The molecule has 2 bridgehead atoms. The summed E-state index contributed by atoms with van der Waals surface area (Å²) < 4.78 is -2.15. The van der Waals surface area contributed by atoms with Crippen LogP contribution >= 0.6 is 81.2 Å². The number of carbonyl (C=O) groups excluding carboxylic acids is 4. The fourth-order valence-electron chi connectivity index (χ4n) is 5.59. The first kappa shape index (κ1) is 29.0. The van der Waals surface area contributed by atoms with Gasteiger partial charge in [0, 0.05) is 5.56 Å². The van der Waals surface area contributed by atoms with Crippen molar-refractivity contribution in [2.24, 2.45) is 11.8 Å². The smallest absolute Gasteiger partial charge is 0.275 e. The third-order valence-electron chi connectivity index (χ3n) is 7.46. The summed E-state index contributed by atoms with van der Waals surface area (Å²) in [6, 6.07) is 12.9. The standard InChI is InChI=1S/C26H17Cl7N2O4/c1-2-15(18(36)12-8-4-3-5-9-12)34(21(37)13-10-6-7-11-14(13)27)35-22(38)16-17(23(35)39)25(31)20(29)19(28)24(16,30)26(25,32)33/h3-11,15-17H,2H2,1H3/t15-,16-,17+,24+,25+/m0/s1. The molecule has 1 saturated heterocycles. The summed E-state index contributed by atoms with van der Waals surface area (Å²) in [5.41, 5.74) is 0.218. The molecule has 6 nitrogen and oxygen atoms in total. The van der Waals surface area contributed by atoms with Crippen LogP contribution in [0.25, 0.3) is 0 Å². The molecule has 3 amide bonds. The molecule has 0 radical (unpaired) electrons. The maximum atomic E-state index is 14.1. The molecule has 0 unspecified atom stereocenters. The maximum absolute atomic E-state index is 14.1. The number of hydrazine groups is 1. The van der Waals surface area contributed by atoms with Gasteiger partial charge in [0.2, 0.25) is 0 Å². The second kappa shape index (κ2) is 9.80. The van der Waals surface area contributed by atoms with Crippen molar-refractivity contribution in [3.63, 3.8) is 0 Å². The summed E-state index contributed by atoms with van der Waals surface area (Å²) in [5.74, 6) is -6.28. The summed E-state index contributed by atoms with van der Waals surface area (Å²) in [6.07, 6.45) is 0.0308. The molecule has 2 aromatic carbocycles. The fourth-order valence-corrected chi connectivity index (χ4v) is 8.73. The Morgan fingerprint density at radius 1 is 0.846 bits per heavy atom. The third kappa shape index (κ3) is 3.62. The molecule has 1 heterocycles. The topological polar surface area (TPSA) is 74.8 Å². The zero-order valence-electron chi connectivity index (χ0n) is 19.8. The Morgan fingerprint density at radius 2 is 1.33 bits per heavy atom. The Labute approximate surface area is 258 Å². The van der Waals surface area contributed by atoms with E-state index in [4.69, 9.17) is 81.2 Å². The number of rotatable bonds is 6. The number of halogens is 7. The van der Waals surface area contributed by atoms with Crippen LogP contribution in [0.2, 0.25) is 5.02 Å². The largest absolute Gasteiger partial charge is 0.292 e. The van der Waals surface area contributed by atoms with E-state index in [1.807, 2.05) is 0 Å². The highest BCUT2D eigenvalue weighted by Gasteiger charge is 2.88. The molecule has 1 saturated carbocycles. The second-order valence-corrected chi connectivity index (χ2v) is 13.0. The van der Waals surface area contributed by atoms with Crippen LogP contribution in [0.5, 0.6) is 0 Å². The molecule has 0 N–H and O–H groups in total. The second-order valence-electron chi connectivity index (χ2n) is 9.35. The third-order valence-corrected chi connectivity index (χ3v) is 12.0. The van der Waals surface area contributed by atoms with E-state index in [1.54, 1.807) is 49.4 Å². The molecule has 2 fully saturated rings. The number of amides is 3. The van der Waals surface area contributed by atoms with Crippen LogP contribution in [0.15, 0.2) is 64.7 Å². The van der Waals surface area contributed by atoms with Crippen molar-refractivity contribution in [2.45, 2.75) is 33.5 Å². The Kier molecular flexibility index (Phi) is 7.29. The quantitative estimate of drug-likeness (QED) is 0.193. The lowest BCUT2D eigenvalue weighted by molar-refractivity contribution is -0.157. The van der Waals surface area contributed by atoms with Crippen molar-refractivity contribution < 1.29 is 19.2 Å². The van der Waals surface area contributed by atoms with Gasteiger partial charge in [-0.05, 0) is 18.6 Å². The van der Waals surface area contributed by atoms with Crippen molar-refractivity contribution in [3.8, 4) is 0 Å². The van der Waals surface area contributed by atoms with Crippen molar-refractivity contribution in [3.05, 3.63) is 80.8 Å². The van der Waals surface area contributed by atoms with Gasteiger partial charge in [-0.2, -0.15) is 5.01 Å². The Hall–Kier alpha value is -1.51. The van der Waals surface area contributed by atoms with E-state index in [2.05, 4.69) is 0 Å². The lowest BCUT2D eigenvalue weighted by Gasteiger charge is -2.39. The van der Waals surface area contributed by atoms with Gasteiger partial charge in [-0.15, -0.1) is 23.2 Å². The van der Waals surface area contributed by atoms with Crippen molar-refractivity contribution in [2.75, 3.05) is 0 Å². The van der Waals surface area contributed by atoms with Gasteiger partial charge >= 0.3 is 0 Å². The lowest BCUT2D eigenvalue weighted by Crippen LogP contribution is -2.60. The van der Waals surface area contributed by atoms with Crippen LogP contribution in [0.1, 0.15) is 34.1 Å². The fraction of sp³-hybridized carbons (Fsp3) is 0.308. The van der Waals surface area contributed by atoms with E-state index in [0.717, 1.165) is 5.01 Å². The highest BCUT2D eigenvalue weighted by Crippen LogP contribution is 2.77. The van der Waals surface area contributed by atoms with Gasteiger partial charge in [0.1, 0.15) is 15.8 Å². The van der Waals surface area contributed by atoms with Gasteiger partial charge in [0.25, 0.3) is 17.7 Å². The van der Waals surface area contributed by atoms with E-state index < -0.39 is 55.5 Å². The SMILES string of the molecule is CC[C@@H](C(=O)c1ccccc1)N(C(=O)c1ccccc1Cl)N1C(=O)[C@@H]2[C@H](C1=O)[C@@]1(Cl)C(Cl)=C(Cl)[C@@]2(Cl)C1(Cl)Cl. The first-order valence-corrected chi connectivity index (χ1v) is 14.3. The number of hydrogen-bond acceptors (Lipinski definition) is 4. The minimum Gasteiger partial charge on any atom is -0.292 e. The van der Waals surface area contributed by atoms with Gasteiger partial charge in [-0.3, -0.25) is 19.2 Å². The minimum absolute atomic E-state index is 0.0308. The van der Waals surface area contributed by atoms with Crippen LogP contribution in [-0.4, -0.2) is 53.6 Å². The summed E-state index contributed by atoms with van der Waals surface area (Å²) in [6.45, 7) is 1.64. The van der Waals surface area contributed by atoms with Gasteiger partial charge in [-0.25, -0.2) is 5.01 Å². The molecular formula is C26H17Cl7N2O4. The number of imide groups is 1. The van der Waals surface area contributed by atoms with Crippen LogP contribution in [0, 0.1) is 11.8 Å². The number of alkyl halides is 4. The van der Waals surface area contributed by atoms with Gasteiger partial charge in [0.15, 0.2) is 10.1 Å². The predicted octanol–water partition coefficient (Wildman–Crippen LogP) is 6.81. The van der Waals surface area contributed by atoms with E-state index in [-0.39, 0.29) is 32.6 Å². The molecule has 0 spiro atoms. The number of carbonyl (C=O) groups is 4. The summed E-state index contributed by atoms with van der Waals surface area (Å²) in [5, 5.41) is 0.904. The van der Waals surface area contributed by atoms with Crippen LogP contribution < -0.4 is 0 Å². The minimum atomic E-state index is -2.15. The highest BCUT2D eigenvalue weighted by molar-refractivity contribution is 6.66. The van der Waals surface area contributed by atoms with Crippen LogP contribution in [0.3, 0.4) is 0 Å². The average molecular weight is 670 g/mol. The summed E-state index contributed by atoms with van der Waals surface area (Å²) in [7, 11) is 0. The van der Waals surface area contributed by atoms with Crippen molar-refractivity contribution in [1.82, 2.24) is 10.0 Å². The number of nitrogens with zero attached hydrogens (tertiary/aromatic N) is 2. The predicted molar refractivity (Wildman–Crippen MR) is 152 cm³/mol. The van der Waals surface area contributed by atoms with Crippen LogP contribution in [-0.2, 0) is 9.59 Å². The number of ketones is 1. The number of allylic oxidation sites excluding steroid dienone is 2. The molecule has 2 aromatic rings. The maximum Gasteiger partial charge on any atom is 0.275 e. The number of benzene rings is 2. The van der Waals surface area contributed by atoms with E-state index in [9.17, 15) is 19.2 Å². The number of Topliss-reactive ketones (excluding diaryl/α,β-unsaturated/α-hetero) is 1. The Bertz CT molecular complexity index is 1420. The first-order chi connectivity index (χ1) is 18.3. The Balaban J connectivity index is 1.68. The van der Waals surface area contributed by atoms with E-state index >= 15 is 0 Å². The highest BCUT2D eigenvalue weighted by atomic mass is 35.5. The molecular weight excluding hydrogens is 652 g/mol. The molecule has 5 rings (SSSR count). The monoisotopic (exact) mass is 666 g/mol. The summed E-state index contributed by atoms with van der Waals surface area (Å²) in [4.78, 5) is 51.8. The molecule has 5 atom stereocenters. The number of fused-ring (bicyclic) bond motifs is 5. The molecule has 3 aliphatic rings. The van der Waals surface area contributed by atoms with Crippen molar-refractivity contribution in [1.29, 1.82) is 0 Å². The molecule has 0 aromatic heterocycles. The normalized spacial score (nSPS) is 29.6. The molecule has 2 aliphatic carbocycles. The average Bonchev–Trinajstić information content (AvgIpc) is 3.30. The van der Waals surface area contributed by atoms with Crippen molar-refractivity contribution >= 4 is 105 Å². The van der Waals surface area contributed by atoms with E-state index in [0.29, 0.717) is 5.01 Å². The van der Waals surface area contributed by atoms with Gasteiger partial charge < -0.3 is 0 Å². The van der Waals surface area contributed by atoms with Gasteiger partial charge in [-0.1, -0.05) is 107 Å². The molecule has 39 heavy (non-hydrogen) atoms. The zero-order chi connectivity index (χ0) is 28.7. The zero-order valence-corrected chi connectivity index (χ0v) is 25.1. The van der Waals surface area contributed by atoms with Gasteiger partial charge in [0.05, 0.1) is 32.5 Å². The first-order valence-electron chi connectivity index (χ1n) is 11.6. The van der Waals surface area contributed by atoms with E-state index in [1.165, 1.54) is 12.1 Å². The Morgan fingerprint density at radius 3 is 1.82 bits per heavy atom. The summed E-state index contributed by atoms with van der Waals surface area (Å²) >= 11 is 46.0. The van der Waals surface area contributed by atoms with Crippen LogP contribution in [0.4, 0.5) is 0 Å². The molecule has 1 aliphatic heterocycles. The number of hydrogen-bond donors (Lipinski definition) is 0. The lowest BCUT2D eigenvalue weighted by atomic mass is 9.84. The molecule has 204 valence electrons.